The quantitative estimate of drug-likeness (QED) is 0.764. The number of rotatable bonds is 7. The van der Waals surface area contributed by atoms with Gasteiger partial charge in [-0.15, -0.1) is 0 Å². The predicted molar refractivity (Wildman–Crippen MR) is 96.7 cm³/mol. The third kappa shape index (κ3) is 5.12. The second kappa shape index (κ2) is 8.21. The van der Waals surface area contributed by atoms with Gasteiger partial charge in [-0.25, -0.2) is 0 Å². The molecule has 1 aliphatic carbocycles. The van der Waals surface area contributed by atoms with Crippen LogP contribution in [0.15, 0.2) is 18.2 Å². The lowest BCUT2D eigenvalue weighted by Gasteiger charge is -2.32. The van der Waals surface area contributed by atoms with E-state index in [4.69, 9.17) is 16.3 Å². The van der Waals surface area contributed by atoms with Crippen molar-refractivity contribution in [1.29, 1.82) is 0 Å². The van der Waals surface area contributed by atoms with E-state index >= 15 is 0 Å². The fourth-order valence-electron chi connectivity index (χ4n) is 3.28. The van der Waals surface area contributed by atoms with Gasteiger partial charge in [-0.05, 0) is 62.8 Å². The zero-order valence-corrected chi connectivity index (χ0v) is 15.1. The molecule has 4 nitrogen and oxygen atoms in total. The average Bonchev–Trinajstić information content (AvgIpc) is 3.40. The van der Waals surface area contributed by atoms with Gasteiger partial charge in [-0.1, -0.05) is 11.6 Å². The van der Waals surface area contributed by atoms with Crippen LogP contribution in [-0.2, 0) is 4.79 Å². The summed E-state index contributed by atoms with van der Waals surface area (Å²) in [6, 6.07) is 6.83. The highest BCUT2D eigenvalue weighted by molar-refractivity contribution is 6.31. The van der Waals surface area contributed by atoms with Crippen molar-refractivity contribution < 1.29 is 9.53 Å². The molecule has 5 heteroatoms. The molecule has 24 heavy (non-hydrogen) atoms. The Morgan fingerprint density at radius 2 is 2.04 bits per heavy atom. The van der Waals surface area contributed by atoms with Crippen LogP contribution in [0.25, 0.3) is 0 Å². The first-order valence-corrected chi connectivity index (χ1v) is 9.42. The first-order valence-electron chi connectivity index (χ1n) is 9.04. The number of ether oxygens (including phenoxy) is 1. The van der Waals surface area contributed by atoms with E-state index in [0.29, 0.717) is 19.1 Å². The Morgan fingerprint density at radius 3 is 2.71 bits per heavy atom. The van der Waals surface area contributed by atoms with Gasteiger partial charge in [-0.3, -0.25) is 4.79 Å². The van der Waals surface area contributed by atoms with Crippen molar-refractivity contribution in [3.63, 3.8) is 0 Å². The third-order valence-corrected chi connectivity index (χ3v) is 5.33. The normalized spacial score (nSPS) is 19.2. The highest BCUT2D eigenvalue weighted by Crippen LogP contribution is 2.29. The number of nitrogens with one attached hydrogen (secondary N) is 1. The van der Waals surface area contributed by atoms with Crippen LogP contribution in [0.4, 0.5) is 0 Å². The molecule has 0 atom stereocenters. The SMILES string of the molecule is Cc1cc(OCCCC(=O)NC2CCN(C3CC3)CC2)ccc1Cl. The van der Waals surface area contributed by atoms with Crippen LogP contribution in [0.2, 0.25) is 5.02 Å². The second-order valence-electron chi connectivity index (χ2n) is 6.97. The molecule has 0 unspecified atom stereocenters. The molecule has 1 heterocycles. The molecule has 0 radical (unpaired) electrons. The number of amides is 1. The molecule has 1 aromatic carbocycles. The molecule has 1 saturated carbocycles. The highest BCUT2D eigenvalue weighted by atomic mass is 35.5. The van der Waals surface area contributed by atoms with E-state index in [0.717, 1.165) is 54.7 Å². The van der Waals surface area contributed by atoms with Gasteiger partial charge in [0, 0.05) is 36.6 Å². The molecule has 1 aliphatic heterocycles. The maximum Gasteiger partial charge on any atom is 0.220 e. The Bertz CT molecular complexity index is 566. The maximum absolute atomic E-state index is 12.1. The Kier molecular flexibility index (Phi) is 6.01. The minimum absolute atomic E-state index is 0.149. The monoisotopic (exact) mass is 350 g/mol. The zero-order valence-electron chi connectivity index (χ0n) is 14.4. The summed E-state index contributed by atoms with van der Waals surface area (Å²) in [5.74, 6) is 0.959. The Hall–Kier alpha value is -1.26. The van der Waals surface area contributed by atoms with E-state index in [9.17, 15) is 4.79 Å². The fourth-order valence-corrected chi connectivity index (χ4v) is 3.40. The van der Waals surface area contributed by atoms with Crippen LogP contribution < -0.4 is 10.1 Å². The Labute approximate surface area is 149 Å². The van der Waals surface area contributed by atoms with E-state index in [1.54, 1.807) is 0 Å². The molecule has 2 aliphatic rings. The number of piperidine rings is 1. The second-order valence-corrected chi connectivity index (χ2v) is 7.38. The van der Waals surface area contributed by atoms with Crippen LogP contribution in [0.3, 0.4) is 0 Å². The largest absolute Gasteiger partial charge is 0.494 e. The summed E-state index contributed by atoms with van der Waals surface area (Å²) >= 11 is 5.99. The summed E-state index contributed by atoms with van der Waals surface area (Å²) in [5, 5.41) is 3.92. The van der Waals surface area contributed by atoms with Crippen molar-refractivity contribution in [2.75, 3.05) is 19.7 Å². The first kappa shape index (κ1) is 17.6. The van der Waals surface area contributed by atoms with Crippen LogP contribution in [0, 0.1) is 6.92 Å². The predicted octanol–water partition coefficient (Wildman–Crippen LogP) is 3.55. The number of carbonyl (C=O) groups is 1. The first-order chi connectivity index (χ1) is 11.6. The molecule has 2 fully saturated rings. The maximum atomic E-state index is 12.1. The average molecular weight is 351 g/mol. The molecule has 132 valence electrons. The lowest BCUT2D eigenvalue weighted by atomic mass is 10.0. The lowest BCUT2D eigenvalue weighted by molar-refractivity contribution is -0.122. The van der Waals surface area contributed by atoms with Crippen LogP contribution in [0.5, 0.6) is 5.75 Å². The van der Waals surface area contributed by atoms with Crippen LogP contribution in [0.1, 0.15) is 44.1 Å². The molecule has 3 rings (SSSR count). The minimum atomic E-state index is 0.149. The summed E-state index contributed by atoms with van der Waals surface area (Å²) in [6.07, 6.45) is 6.16. The molecule has 1 N–H and O–H groups in total. The van der Waals surface area contributed by atoms with Gasteiger partial charge in [0.1, 0.15) is 5.75 Å². The number of benzene rings is 1. The van der Waals surface area contributed by atoms with Gasteiger partial charge in [0.25, 0.3) is 0 Å². The van der Waals surface area contributed by atoms with E-state index in [1.165, 1.54) is 12.8 Å². The molecular formula is C19H27ClN2O2. The molecule has 1 aromatic rings. The lowest BCUT2D eigenvalue weighted by Crippen LogP contribution is -2.45. The van der Waals surface area contributed by atoms with Crippen molar-refractivity contribution >= 4 is 17.5 Å². The van der Waals surface area contributed by atoms with Crippen molar-refractivity contribution in [2.45, 2.75) is 57.5 Å². The van der Waals surface area contributed by atoms with Gasteiger partial charge >= 0.3 is 0 Å². The molecule has 1 amide bonds. The summed E-state index contributed by atoms with van der Waals surface area (Å²) < 4.78 is 5.68. The summed E-state index contributed by atoms with van der Waals surface area (Å²) in [6.45, 7) is 4.77. The molecule has 0 bridgehead atoms. The van der Waals surface area contributed by atoms with E-state index in [1.807, 2.05) is 25.1 Å². The molecule has 0 aromatic heterocycles. The molecule has 1 saturated heterocycles. The summed E-state index contributed by atoms with van der Waals surface area (Å²) in [4.78, 5) is 14.6. The highest BCUT2D eigenvalue weighted by Gasteiger charge is 2.31. The van der Waals surface area contributed by atoms with Crippen molar-refractivity contribution in [3.8, 4) is 5.75 Å². The third-order valence-electron chi connectivity index (χ3n) is 4.90. The number of hydrogen-bond donors (Lipinski definition) is 1. The van der Waals surface area contributed by atoms with Crippen molar-refractivity contribution in [1.82, 2.24) is 10.2 Å². The topological polar surface area (TPSA) is 41.6 Å². The molecular weight excluding hydrogens is 324 g/mol. The van der Waals surface area contributed by atoms with Crippen LogP contribution >= 0.6 is 11.6 Å². The number of aryl methyl sites for hydroxylation is 1. The van der Waals surface area contributed by atoms with Gasteiger partial charge in [0.05, 0.1) is 6.61 Å². The number of carbonyl (C=O) groups excluding carboxylic acids is 1. The fraction of sp³-hybridized carbons (Fsp3) is 0.632. The summed E-state index contributed by atoms with van der Waals surface area (Å²) in [5.41, 5.74) is 1.00. The summed E-state index contributed by atoms with van der Waals surface area (Å²) in [7, 11) is 0. The van der Waals surface area contributed by atoms with E-state index in [-0.39, 0.29) is 5.91 Å². The van der Waals surface area contributed by atoms with E-state index < -0.39 is 0 Å². The van der Waals surface area contributed by atoms with E-state index in [2.05, 4.69) is 10.2 Å². The van der Waals surface area contributed by atoms with Crippen molar-refractivity contribution in [3.05, 3.63) is 28.8 Å². The van der Waals surface area contributed by atoms with Crippen molar-refractivity contribution in [2.24, 2.45) is 0 Å². The van der Waals surface area contributed by atoms with Gasteiger partial charge in [0.15, 0.2) is 0 Å². The Balaban J connectivity index is 1.29. The van der Waals surface area contributed by atoms with Gasteiger partial charge < -0.3 is 15.0 Å². The number of nitrogens with zero attached hydrogens (tertiary/aromatic N) is 1. The molecule has 0 spiro atoms. The van der Waals surface area contributed by atoms with Crippen LogP contribution in [-0.4, -0.2) is 42.6 Å². The standard InChI is InChI=1S/C19H27ClN2O2/c1-14-13-17(6-7-18(14)20)24-12-2-3-19(23)21-15-8-10-22(11-9-15)16-4-5-16/h6-7,13,15-16H,2-5,8-12H2,1H3,(H,21,23). The zero-order chi connectivity index (χ0) is 16.9. The number of likely N-dealkylation sites (tertiary alicyclic amines) is 1. The van der Waals surface area contributed by atoms with Gasteiger partial charge in [0.2, 0.25) is 5.91 Å². The number of halogens is 1. The smallest absolute Gasteiger partial charge is 0.220 e. The van der Waals surface area contributed by atoms with Gasteiger partial charge in [-0.2, -0.15) is 0 Å². The Morgan fingerprint density at radius 1 is 1.29 bits per heavy atom. The minimum Gasteiger partial charge on any atom is -0.494 e. The number of hydrogen-bond acceptors (Lipinski definition) is 3.